The average molecular weight is 381 g/mol. The second-order valence-corrected chi connectivity index (χ2v) is 6.67. The number of carbonyl (C=O) groups excluding carboxylic acids is 1. The van der Waals surface area contributed by atoms with Gasteiger partial charge >= 0.3 is 0 Å². The third-order valence-corrected chi connectivity index (χ3v) is 4.47. The van der Waals surface area contributed by atoms with Crippen LogP contribution < -0.4 is 4.74 Å². The lowest BCUT2D eigenvalue weighted by Gasteiger charge is -2.14. The summed E-state index contributed by atoms with van der Waals surface area (Å²) >= 11 is 4.32. The Morgan fingerprint density at radius 3 is 2.37 bits per heavy atom. The lowest BCUT2D eigenvalue weighted by Crippen LogP contribution is -2.04. The van der Waals surface area contributed by atoms with E-state index in [4.69, 9.17) is 4.74 Å². The molecule has 0 saturated carbocycles. The number of pyridine rings is 1. The van der Waals surface area contributed by atoms with Gasteiger partial charge in [-0.25, -0.2) is 9.37 Å². The van der Waals surface area contributed by atoms with E-state index in [0.29, 0.717) is 23.7 Å². The first kappa shape index (κ1) is 19.1. The largest absolute Gasteiger partial charge is 0.477 e. The molecule has 2 aromatic carbocycles. The Labute approximate surface area is 163 Å². The molecule has 3 rings (SSSR count). The number of halogens is 1. The molecule has 0 spiro atoms. The van der Waals surface area contributed by atoms with Gasteiger partial charge in [0.15, 0.2) is 6.29 Å². The third-order valence-electron chi connectivity index (χ3n) is 4.17. The van der Waals surface area contributed by atoms with Crippen molar-refractivity contribution in [3.63, 3.8) is 0 Å². The van der Waals surface area contributed by atoms with Crippen LogP contribution in [0.25, 0.3) is 22.4 Å². The number of hydrogen-bond donors (Lipinski definition) is 1. The van der Waals surface area contributed by atoms with E-state index < -0.39 is 0 Å². The van der Waals surface area contributed by atoms with E-state index in [1.807, 2.05) is 24.3 Å². The summed E-state index contributed by atoms with van der Waals surface area (Å²) in [5.41, 5.74) is 3.45. The van der Waals surface area contributed by atoms with Crippen LogP contribution >= 0.6 is 12.6 Å². The molecule has 0 unspecified atom stereocenters. The summed E-state index contributed by atoms with van der Waals surface area (Å²) in [5.74, 6) is -0.0176. The Morgan fingerprint density at radius 1 is 1.07 bits per heavy atom. The standard InChI is InChI=1S/C22H20FNO2S/c1-2-3-12-26-22-17(14-25)13-20(15-6-10-19(27)11-7-15)21(24-22)16-4-8-18(23)9-5-16/h4-11,13-14,27H,2-3,12H2,1H3. The van der Waals surface area contributed by atoms with Crippen molar-refractivity contribution in [3.8, 4) is 28.3 Å². The van der Waals surface area contributed by atoms with Gasteiger partial charge in [-0.3, -0.25) is 4.79 Å². The first-order valence-electron chi connectivity index (χ1n) is 8.80. The zero-order valence-corrected chi connectivity index (χ0v) is 15.9. The lowest BCUT2D eigenvalue weighted by molar-refractivity contribution is 0.111. The molecule has 0 radical (unpaired) electrons. The first-order chi connectivity index (χ1) is 13.1. The Morgan fingerprint density at radius 2 is 1.74 bits per heavy atom. The number of ether oxygens (including phenoxy) is 1. The van der Waals surface area contributed by atoms with Crippen molar-refractivity contribution < 1.29 is 13.9 Å². The highest BCUT2D eigenvalue weighted by Crippen LogP contribution is 2.34. The van der Waals surface area contributed by atoms with Gasteiger partial charge in [-0.15, -0.1) is 12.6 Å². The Balaban J connectivity index is 2.15. The van der Waals surface area contributed by atoms with Crippen molar-refractivity contribution in [2.45, 2.75) is 24.7 Å². The fourth-order valence-corrected chi connectivity index (χ4v) is 2.86. The summed E-state index contributed by atoms with van der Waals surface area (Å²) in [6.45, 7) is 2.55. The summed E-state index contributed by atoms with van der Waals surface area (Å²) in [4.78, 5) is 17.1. The highest BCUT2D eigenvalue weighted by atomic mass is 32.1. The number of aromatic nitrogens is 1. The molecule has 1 aromatic heterocycles. The van der Waals surface area contributed by atoms with E-state index in [2.05, 4.69) is 24.5 Å². The molecule has 27 heavy (non-hydrogen) atoms. The maximum atomic E-state index is 13.4. The monoisotopic (exact) mass is 381 g/mol. The van der Waals surface area contributed by atoms with Crippen LogP contribution in [0.2, 0.25) is 0 Å². The van der Waals surface area contributed by atoms with E-state index in [1.165, 1.54) is 12.1 Å². The molecule has 0 aliphatic heterocycles. The van der Waals surface area contributed by atoms with Crippen LogP contribution in [0.15, 0.2) is 59.5 Å². The van der Waals surface area contributed by atoms with Crippen LogP contribution in [-0.2, 0) is 0 Å². The fourth-order valence-electron chi connectivity index (χ4n) is 2.71. The average Bonchev–Trinajstić information content (AvgIpc) is 2.69. The minimum atomic E-state index is -0.316. The maximum absolute atomic E-state index is 13.4. The van der Waals surface area contributed by atoms with Crippen LogP contribution in [0, 0.1) is 5.82 Å². The number of hydrogen-bond acceptors (Lipinski definition) is 4. The lowest BCUT2D eigenvalue weighted by atomic mass is 9.98. The van der Waals surface area contributed by atoms with E-state index in [-0.39, 0.29) is 5.82 Å². The van der Waals surface area contributed by atoms with Crippen molar-refractivity contribution in [2.75, 3.05) is 6.61 Å². The molecule has 3 aromatic rings. The van der Waals surface area contributed by atoms with Gasteiger partial charge in [0.05, 0.1) is 17.9 Å². The van der Waals surface area contributed by atoms with Gasteiger partial charge < -0.3 is 4.74 Å². The van der Waals surface area contributed by atoms with Gasteiger partial charge in [-0.1, -0.05) is 25.5 Å². The van der Waals surface area contributed by atoms with Crippen LogP contribution in [0.4, 0.5) is 4.39 Å². The first-order valence-corrected chi connectivity index (χ1v) is 9.25. The molecule has 0 bridgehead atoms. The number of unbranched alkanes of at least 4 members (excludes halogenated alkanes) is 1. The van der Waals surface area contributed by atoms with E-state index in [9.17, 15) is 9.18 Å². The molecule has 5 heteroatoms. The molecule has 0 N–H and O–H groups in total. The third kappa shape index (κ3) is 4.55. The summed E-state index contributed by atoms with van der Waals surface area (Å²) in [6.07, 6.45) is 2.60. The number of benzene rings is 2. The molecular weight excluding hydrogens is 361 g/mol. The molecule has 0 atom stereocenters. The topological polar surface area (TPSA) is 39.2 Å². The number of carbonyl (C=O) groups is 1. The smallest absolute Gasteiger partial charge is 0.224 e. The van der Waals surface area contributed by atoms with Gasteiger partial charge in [0.25, 0.3) is 0 Å². The Kier molecular flexibility index (Phi) is 6.24. The predicted molar refractivity (Wildman–Crippen MR) is 108 cm³/mol. The molecular formula is C22H20FNO2S. The normalized spacial score (nSPS) is 10.6. The highest BCUT2D eigenvalue weighted by Gasteiger charge is 2.16. The van der Waals surface area contributed by atoms with Crippen LogP contribution in [-0.4, -0.2) is 17.9 Å². The van der Waals surface area contributed by atoms with Crippen molar-refractivity contribution in [1.29, 1.82) is 0 Å². The fraction of sp³-hybridized carbons (Fsp3) is 0.182. The molecule has 138 valence electrons. The summed E-state index contributed by atoms with van der Waals surface area (Å²) in [6, 6.07) is 15.5. The molecule has 0 amide bonds. The van der Waals surface area contributed by atoms with Gasteiger partial charge in [-0.05, 0) is 54.4 Å². The zero-order valence-electron chi connectivity index (χ0n) is 15.0. The zero-order chi connectivity index (χ0) is 19.2. The van der Waals surface area contributed by atoms with Crippen molar-refractivity contribution >= 4 is 18.9 Å². The summed E-state index contributed by atoms with van der Waals surface area (Å²) in [7, 11) is 0. The van der Waals surface area contributed by atoms with Gasteiger partial charge in [-0.2, -0.15) is 0 Å². The van der Waals surface area contributed by atoms with Crippen molar-refractivity contribution in [3.05, 3.63) is 66.0 Å². The minimum absolute atomic E-state index is 0.298. The van der Waals surface area contributed by atoms with Gasteiger partial charge in [0.2, 0.25) is 5.88 Å². The number of rotatable bonds is 7. The van der Waals surface area contributed by atoms with Gasteiger partial charge in [0, 0.05) is 16.0 Å². The second kappa shape index (κ2) is 8.82. The number of thiol groups is 1. The Hall–Kier alpha value is -2.66. The van der Waals surface area contributed by atoms with Crippen LogP contribution in [0.1, 0.15) is 30.1 Å². The molecule has 0 fully saturated rings. The minimum Gasteiger partial charge on any atom is -0.477 e. The second-order valence-electron chi connectivity index (χ2n) is 6.15. The molecule has 0 saturated heterocycles. The predicted octanol–water partition coefficient (Wildman–Crippen LogP) is 5.83. The van der Waals surface area contributed by atoms with Crippen LogP contribution in [0.3, 0.4) is 0 Å². The quantitative estimate of drug-likeness (QED) is 0.318. The molecule has 0 aliphatic rings. The molecule has 3 nitrogen and oxygen atoms in total. The summed E-state index contributed by atoms with van der Waals surface area (Å²) in [5, 5.41) is 0. The van der Waals surface area contributed by atoms with Crippen LogP contribution in [0.5, 0.6) is 5.88 Å². The Bertz CT molecular complexity index is 924. The van der Waals surface area contributed by atoms with E-state index in [0.717, 1.165) is 40.7 Å². The van der Waals surface area contributed by atoms with Crippen molar-refractivity contribution in [2.24, 2.45) is 0 Å². The maximum Gasteiger partial charge on any atom is 0.224 e. The number of nitrogens with zero attached hydrogens (tertiary/aromatic N) is 1. The van der Waals surface area contributed by atoms with E-state index in [1.54, 1.807) is 18.2 Å². The SMILES string of the molecule is CCCCOc1nc(-c2ccc(F)cc2)c(-c2ccc(S)cc2)cc1C=O. The van der Waals surface area contributed by atoms with Gasteiger partial charge in [0.1, 0.15) is 5.82 Å². The molecule has 1 heterocycles. The molecule has 0 aliphatic carbocycles. The summed E-state index contributed by atoms with van der Waals surface area (Å²) < 4.78 is 19.1. The van der Waals surface area contributed by atoms with Crippen molar-refractivity contribution in [1.82, 2.24) is 4.98 Å². The number of aldehydes is 1. The highest BCUT2D eigenvalue weighted by molar-refractivity contribution is 7.80. The van der Waals surface area contributed by atoms with E-state index >= 15 is 0 Å².